The van der Waals surface area contributed by atoms with Crippen LogP contribution in [0.25, 0.3) is 0 Å². The molecule has 0 bridgehead atoms. The first-order chi connectivity index (χ1) is 7.35. The molecule has 1 aromatic carbocycles. The highest BCUT2D eigenvalue weighted by Crippen LogP contribution is 2.42. The summed E-state index contributed by atoms with van der Waals surface area (Å²) in [5, 5.41) is 3.74. The van der Waals surface area contributed by atoms with E-state index in [1.165, 1.54) is 0 Å². The van der Waals surface area contributed by atoms with E-state index in [0.717, 1.165) is 5.56 Å². The van der Waals surface area contributed by atoms with Gasteiger partial charge < -0.3 is 5.32 Å². The SMILES string of the molecule is CC1(C)NC(=O)CC1(C)c1cccc(Cl)c1. The van der Waals surface area contributed by atoms with Crippen molar-refractivity contribution in [2.45, 2.75) is 38.1 Å². The van der Waals surface area contributed by atoms with Gasteiger partial charge in [0.2, 0.25) is 5.91 Å². The van der Waals surface area contributed by atoms with E-state index in [1.807, 2.05) is 24.3 Å². The van der Waals surface area contributed by atoms with Crippen molar-refractivity contribution in [2.24, 2.45) is 0 Å². The molecule has 1 aliphatic heterocycles. The van der Waals surface area contributed by atoms with Crippen LogP contribution in [0.4, 0.5) is 0 Å². The molecular weight excluding hydrogens is 222 g/mol. The summed E-state index contributed by atoms with van der Waals surface area (Å²) in [4.78, 5) is 11.6. The summed E-state index contributed by atoms with van der Waals surface area (Å²) >= 11 is 6.01. The maximum atomic E-state index is 11.6. The third-order valence-corrected chi connectivity index (χ3v) is 4.04. The van der Waals surface area contributed by atoms with Crippen LogP contribution in [0.2, 0.25) is 5.02 Å². The maximum Gasteiger partial charge on any atom is 0.221 e. The molecule has 0 saturated carbocycles. The van der Waals surface area contributed by atoms with Crippen molar-refractivity contribution in [1.82, 2.24) is 5.32 Å². The molecule has 1 aromatic rings. The van der Waals surface area contributed by atoms with Crippen LogP contribution in [-0.4, -0.2) is 11.4 Å². The van der Waals surface area contributed by atoms with E-state index < -0.39 is 0 Å². The van der Waals surface area contributed by atoms with Gasteiger partial charge in [0.15, 0.2) is 0 Å². The standard InChI is InChI=1S/C13H16ClNO/c1-12(2)13(3,8-11(16)15-12)9-5-4-6-10(14)7-9/h4-7H,8H2,1-3H3,(H,15,16). The zero-order valence-electron chi connectivity index (χ0n) is 9.80. The summed E-state index contributed by atoms with van der Waals surface area (Å²) in [6, 6.07) is 7.77. The Balaban J connectivity index is 2.50. The van der Waals surface area contributed by atoms with Gasteiger partial charge in [-0.1, -0.05) is 30.7 Å². The van der Waals surface area contributed by atoms with Gasteiger partial charge in [0, 0.05) is 22.4 Å². The summed E-state index contributed by atoms with van der Waals surface area (Å²) < 4.78 is 0. The monoisotopic (exact) mass is 237 g/mol. The highest BCUT2D eigenvalue weighted by molar-refractivity contribution is 6.30. The lowest BCUT2D eigenvalue weighted by Crippen LogP contribution is -2.48. The average Bonchev–Trinajstić information content (AvgIpc) is 2.36. The molecule has 3 heteroatoms. The minimum atomic E-state index is -0.241. The summed E-state index contributed by atoms with van der Waals surface area (Å²) in [7, 11) is 0. The largest absolute Gasteiger partial charge is 0.350 e. The summed E-state index contributed by atoms with van der Waals surface area (Å²) in [5.74, 6) is 0.104. The van der Waals surface area contributed by atoms with Crippen LogP contribution in [0.1, 0.15) is 32.8 Å². The average molecular weight is 238 g/mol. The van der Waals surface area contributed by atoms with Gasteiger partial charge >= 0.3 is 0 Å². The molecule has 1 heterocycles. The molecule has 0 radical (unpaired) electrons. The second-order valence-corrected chi connectivity index (χ2v) is 5.63. The fourth-order valence-electron chi connectivity index (χ4n) is 2.37. The highest BCUT2D eigenvalue weighted by atomic mass is 35.5. The number of carbonyl (C=O) groups excluding carboxylic acids is 1. The van der Waals surface area contributed by atoms with Crippen molar-refractivity contribution in [3.05, 3.63) is 34.9 Å². The number of hydrogen-bond donors (Lipinski definition) is 1. The third kappa shape index (κ3) is 1.61. The number of hydrogen-bond acceptors (Lipinski definition) is 1. The predicted molar refractivity (Wildman–Crippen MR) is 65.6 cm³/mol. The van der Waals surface area contributed by atoms with Crippen LogP contribution in [-0.2, 0) is 10.2 Å². The molecule has 0 aliphatic carbocycles. The van der Waals surface area contributed by atoms with Gasteiger partial charge in [-0.2, -0.15) is 0 Å². The molecule has 0 aromatic heterocycles. The van der Waals surface area contributed by atoms with Gasteiger partial charge in [0.25, 0.3) is 0 Å². The maximum absolute atomic E-state index is 11.6. The van der Waals surface area contributed by atoms with Crippen molar-refractivity contribution >= 4 is 17.5 Å². The Morgan fingerprint density at radius 2 is 2.00 bits per heavy atom. The summed E-state index contributed by atoms with van der Waals surface area (Å²) in [6.07, 6.45) is 0.514. The first kappa shape index (κ1) is 11.5. The molecule has 1 atom stereocenters. The molecule has 2 rings (SSSR count). The van der Waals surface area contributed by atoms with Crippen molar-refractivity contribution in [3.63, 3.8) is 0 Å². The van der Waals surface area contributed by atoms with Crippen molar-refractivity contribution in [2.75, 3.05) is 0 Å². The van der Waals surface area contributed by atoms with E-state index in [2.05, 4.69) is 26.1 Å². The fraction of sp³-hybridized carbons (Fsp3) is 0.462. The van der Waals surface area contributed by atoms with Gasteiger partial charge in [0.1, 0.15) is 0 Å². The minimum absolute atomic E-state index is 0.104. The van der Waals surface area contributed by atoms with Crippen LogP contribution in [0.3, 0.4) is 0 Å². The first-order valence-corrected chi connectivity index (χ1v) is 5.80. The summed E-state index contributed by atoms with van der Waals surface area (Å²) in [5.41, 5.74) is 0.673. The second kappa shape index (κ2) is 3.49. The number of amides is 1. The van der Waals surface area contributed by atoms with Crippen LogP contribution < -0.4 is 5.32 Å². The van der Waals surface area contributed by atoms with Gasteiger partial charge in [-0.25, -0.2) is 0 Å². The Bertz CT molecular complexity index is 441. The third-order valence-electron chi connectivity index (χ3n) is 3.81. The van der Waals surface area contributed by atoms with E-state index in [-0.39, 0.29) is 16.9 Å². The number of carbonyl (C=O) groups is 1. The van der Waals surface area contributed by atoms with E-state index in [4.69, 9.17) is 11.6 Å². The van der Waals surface area contributed by atoms with E-state index >= 15 is 0 Å². The lowest BCUT2D eigenvalue weighted by molar-refractivity contribution is -0.119. The number of nitrogens with one attached hydrogen (secondary N) is 1. The molecule has 16 heavy (non-hydrogen) atoms. The topological polar surface area (TPSA) is 29.1 Å². The quantitative estimate of drug-likeness (QED) is 0.800. The zero-order chi connectivity index (χ0) is 12.0. The zero-order valence-corrected chi connectivity index (χ0v) is 10.6. The summed E-state index contributed by atoms with van der Waals surface area (Å²) in [6.45, 7) is 6.22. The molecule has 1 aliphatic rings. The molecule has 86 valence electrons. The number of benzene rings is 1. The molecule has 1 amide bonds. The Morgan fingerprint density at radius 3 is 2.50 bits per heavy atom. The minimum Gasteiger partial charge on any atom is -0.350 e. The van der Waals surface area contributed by atoms with Gasteiger partial charge in [-0.05, 0) is 31.5 Å². The van der Waals surface area contributed by atoms with E-state index in [1.54, 1.807) is 0 Å². The molecule has 1 unspecified atom stereocenters. The van der Waals surface area contributed by atoms with Crippen molar-refractivity contribution in [1.29, 1.82) is 0 Å². The normalized spacial score (nSPS) is 27.9. The smallest absolute Gasteiger partial charge is 0.221 e. The first-order valence-electron chi connectivity index (χ1n) is 5.42. The predicted octanol–water partition coefficient (Wildman–Crippen LogP) is 2.90. The molecule has 1 N–H and O–H groups in total. The van der Waals surface area contributed by atoms with Gasteiger partial charge in [0.05, 0.1) is 0 Å². The van der Waals surface area contributed by atoms with Crippen LogP contribution in [0.15, 0.2) is 24.3 Å². The number of rotatable bonds is 1. The molecule has 0 spiro atoms. The molecule has 2 nitrogen and oxygen atoms in total. The van der Waals surface area contributed by atoms with Crippen molar-refractivity contribution in [3.8, 4) is 0 Å². The van der Waals surface area contributed by atoms with Crippen LogP contribution in [0, 0.1) is 0 Å². The van der Waals surface area contributed by atoms with E-state index in [0.29, 0.717) is 11.4 Å². The van der Waals surface area contributed by atoms with Crippen LogP contribution >= 0.6 is 11.6 Å². The van der Waals surface area contributed by atoms with Crippen LogP contribution in [0.5, 0.6) is 0 Å². The fourth-order valence-corrected chi connectivity index (χ4v) is 2.56. The lowest BCUT2D eigenvalue weighted by Gasteiger charge is -2.37. The number of halogens is 1. The van der Waals surface area contributed by atoms with E-state index in [9.17, 15) is 4.79 Å². The van der Waals surface area contributed by atoms with Crippen molar-refractivity contribution < 1.29 is 4.79 Å². The van der Waals surface area contributed by atoms with Gasteiger partial charge in [-0.15, -0.1) is 0 Å². The lowest BCUT2D eigenvalue weighted by atomic mass is 9.69. The molecule has 1 saturated heterocycles. The second-order valence-electron chi connectivity index (χ2n) is 5.19. The molecular formula is C13H16ClNO. The Kier molecular flexibility index (Phi) is 2.50. The van der Waals surface area contributed by atoms with Gasteiger partial charge in [-0.3, -0.25) is 4.79 Å². The molecule has 1 fully saturated rings. The Labute approximate surface area is 101 Å². The highest BCUT2D eigenvalue weighted by Gasteiger charge is 2.50. The Hall–Kier alpha value is -1.02. The Morgan fingerprint density at radius 1 is 1.31 bits per heavy atom.